The fraction of sp³-hybridized carbons (Fsp3) is 0.448. The first kappa shape index (κ1) is 28.6. The highest BCUT2D eigenvalue weighted by atomic mass is 19.4. The number of amides is 1. The molecule has 1 aliphatic heterocycles. The molecule has 2 aliphatic rings. The Labute approximate surface area is 234 Å². The van der Waals surface area contributed by atoms with Gasteiger partial charge in [0.25, 0.3) is 0 Å². The van der Waals surface area contributed by atoms with Crippen LogP contribution in [0, 0.1) is 5.82 Å². The van der Waals surface area contributed by atoms with Crippen molar-refractivity contribution in [2.75, 3.05) is 31.1 Å². The van der Waals surface area contributed by atoms with Crippen LogP contribution in [0.3, 0.4) is 0 Å². The number of anilines is 1. The topological polar surface area (TPSA) is 88.8 Å². The fourth-order valence-corrected chi connectivity index (χ4v) is 5.13. The number of hydrogen-bond acceptors (Lipinski definition) is 7. The van der Waals surface area contributed by atoms with Crippen molar-refractivity contribution in [2.24, 2.45) is 0 Å². The molecule has 41 heavy (non-hydrogen) atoms. The van der Waals surface area contributed by atoms with Crippen LogP contribution in [0.5, 0.6) is 6.08 Å². The summed E-state index contributed by atoms with van der Waals surface area (Å²) in [5, 5.41) is 0. The standard InChI is InChI=1S/C29H30F4N4O4/c30-22-9-5-4-6-20(22)17-25(39)37-14-12-36(13-15-37)24-11-10-19(18-34-24)16-23(38)26-27(29(31,32)33)35-28(41-26)40-21-7-2-1-3-8-21/h4-6,9-11,18,21H,1-3,7-8,12-17H2. The summed E-state index contributed by atoms with van der Waals surface area (Å²) in [7, 11) is 0. The van der Waals surface area contributed by atoms with Gasteiger partial charge in [-0.05, 0) is 48.9 Å². The molecule has 2 aromatic heterocycles. The molecule has 0 N–H and O–H groups in total. The molecule has 1 aliphatic carbocycles. The van der Waals surface area contributed by atoms with Crippen LogP contribution in [0.2, 0.25) is 0 Å². The number of carbonyl (C=O) groups excluding carboxylic acids is 2. The van der Waals surface area contributed by atoms with E-state index in [9.17, 15) is 27.2 Å². The zero-order chi connectivity index (χ0) is 29.0. The summed E-state index contributed by atoms with van der Waals surface area (Å²) < 4.78 is 65.4. The molecule has 12 heteroatoms. The first-order chi connectivity index (χ1) is 19.7. The molecule has 5 rings (SSSR count). The highest BCUT2D eigenvalue weighted by Crippen LogP contribution is 2.35. The van der Waals surface area contributed by atoms with Crippen molar-refractivity contribution in [3.05, 3.63) is 71.0 Å². The second-order valence-electron chi connectivity index (χ2n) is 10.3. The van der Waals surface area contributed by atoms with Gasteiger partial charge in [-0.25, -0.2) is 9.37 Å². The van der Waals surface area contributed by atoms with Crippen molar-refractivity contribution in [1.29, 1.82) is 0 Å². The molecule has 0 spiro atoms. The largest absolute Gasteiger partial charge is 0.447 e. The molecule has 2 fully saturated rings. The molecule has 1 amide bonds. The number of Topliss-reactive ketones (excluding diaryl/α,β-unsaturated/α-hetero) is 1. The number of carbonyl (C=O) groups is 2. The number of aromatic nitrogens is 2. The Morgan fingerprint density at radius 1 is 0.976 bits per heavy atom. The lowest BCUT2D eigenvalue weighted by molar-refractivity contribution is -0.141. The summed E-state index contributed by atoms with van der Waals surface area (Å²) in [4.78, 5) is 36.9. The first-order valence-electron chi connectivity index (χ1n) is 13.7. The molecule has 8 nitrogen and oxygen atoms in total. The number of benzene rings is 1. The number of oxazole rings is 1. The summed E-state index contributed by atoms with van der Waals surface area (Å²) in [6, 6.07) is 9.50. The highest BCUT2D eigenvalue weighted by molar-refractivity contribution is 5.96. The number of ketones is 1. The summed E-state index contributed by atoms with van der Waals surface area (Å²) in [6.45, 7) is 1.88. The van der Waals surface area contributed by atoms with E-state index in [-0.39, 0.29) is 24.9 Å². The minimum absolute atomic E-state index is 0.0108. The van der Waals surface area contributed by atoms with Crippen LogP contribution in [-0.2, 0) is 23.8 Å². The highest BCUT2D eigenvalue weighted by Gasteiger charge is 2.41. The van der Waals surface area contributed by atoms with Crippen molar-refractivity contribution >= 4 is 17.5 Å². The van der Waals surface area contributed by atoms with Crippen LogP contribution in [-0.4, -0.2) is 58.8 Å². The van der Waals surface area contributed by atoms with Gasteiger partial charge >= 0.3 is 12.3 Å². The Morgan fingerprint density at radius 3 is 2.37 bits per heavy atom. The third-order valence-corrected chi connectivity index (χ3v) is 7.38. The quantitative estimate of drug-likeness (QED) is 0.268. The molecule has 1 saturated heterocycles. The third-order valence-electron chi connectivity index (χ3n) is 7.38. The van der Waals surface area contributed by atoms with Crippen LogP contribution in [0.25, 0.3) is 0 Å². The number of halogens is 4. The van der Waals surface area contributed by atoms with Gasteiger partial charge < -0.3 is 19.0 Å². The van der Waals surface area contributed by atoms with E-state index in [2.05, 4.69) is 9.97 Å². The summed E-state index contributed by atoms with van der Waals surface area (Å²) in [5.41, 5.74) is -0.621. The van der Waals surface area contributed by atoms with E-state index in [1.54, 1.807) is 35.2 Å². The Kier molecular flexibility index (Phi) is 8.55. The predicted molar refractivity (Wildman–Crippen MR) is 140 cm³/mol. The smallest absolute Gasteiger partial charge is 0.437 e. The molecule has 218 valence electrons. The van der Waals surface area contributed by atoms with Gasteiger partial charge in [0.05, 0.1) is 6.42 Å². The van der Waals surface area contributed by atoms with E-state index in [0.29, 0.717) is 56.0 Å². The molecular formula is C29H30F4N4O4. The second-order valence-corrected chi connectivity index (χ2v) is 10.3. The van der Waals surface area contributed by atoms with Gasteiger partial charge in [0.1, 0.15) is 17.7 Å². The minimum Gasteiger partial charge on any atom is -0.447 e. The maximum atomic E-state index is 13.9. The third kappa shape index (κ3) is 7.04. The summed E-state index contributed by atoms with van der Waals surface area (Å²) >= 11 is 0. The Balaban J connectivity index is 1.18. The maximum Gasteiger partial charge on any atom is 0.437 e. The number of ether oxygens (including phenoxy) is 1. The first-order valence-corrected chi connectivity index (χ1v) is 13.7. The zero-order valence-corrected chi connectivity index (χ0v) is 22.3. The van der Waals surface area contributed by atoms with E-state index in [4.69, 9.17) is 9.15 Å². The maximum absolute atomic E-state index is 13.9. The number of nitrogens with zero attached hydrogens (tertiary/aromatic N) is 4. The van der Waals surface area contributed by atoms with Crippen molar-refractivity contribution in [3.63, 3.8) is 0 Å². The van der Waals surface area contributed by atoms with Gasteiger partial charge in [-0.2, -0.15) is 18.2 Å². The van der Waals surface area contributed by atoms with Crippen molar-refractivity contribution in [3.8, 4) is 6.08 Å². The number of piperazine rings is 1. The number of alkyl halides is 3. The Hall–Kier alpha value is -3.96. The normalized spacial score (nSPS) is 16.6. The van der Waals surface area contributed by atoms with Crippen LogP contribution in [0.15, 0.2) is 47.0 Å². The lowest BCUT2D eigenvalue weighted by Gasteiger charge is -2.35. The average molecular weight is 575 g/mol. The molecule has 0 radical (unpaired) electrons. The van der Waals surface area contributed by atoms with Gasteiger partial charge in [0.2, 0.25) is 17.5 Å². The Bertz CT molecular complexity index is 1360. The molecule has 3 heterocycles. The van der Waals surface area contributed by atoms with Crippen LogP contribution >= 0.6 is 0 Å². The average Bonchev–Trinajstić information content (AvgIpc) is 3.40. The molecular weight excluding hydrogens is 544 g/mol. The molecule has 3 aromatic rings. The van der Waals surface area contributed by atoms with Crippen molar-refractivity contribution < 1.29 is 36.3 Å². The molecule has 1 aromatic carbocycles. The molecule has 0 unspecified atom stereocenters. The van der Waals surface area contributed by atoms with Gasteiger partial charge in [-0.3, -0.25) is 9.59 Å². The van der Waals surface area contributed by atoms with Crippen LogP contribution in [0.1, 0.15) is 59.5 Å². The number of hydrogen-bond donors (Lipinski definition) is 0. The minimum atomic E-state index is -4.87. The summed E-state index contributed by atoms with van der Waals surface area (Å²) in [6.07, 6.45) is -0.351. The lowest BCUT2D eigenvalue weighted by atomic mass is 9.98. The summed E-state index contributed by atoms with van der Waals surface area (Å²) in [5.74, 6) is -1.70. The Morgan fingerprint density at radius 2 is 1.71 bits per heavy atom. The second kappa shape index (κ2) is 12.3. The van der Waals surface area contributed by atoms with Gasteiger partial charge in [-0.1, -0.05) is 30.7 Å². The van der Waals surface area contributed by atoms with Crippen LogP contribution < -0.4 is 9.64 Å². The lowest BCUT2D eigenvalue weighted by Crippen LogP contribution is -2.49. The van der Waals surface area contributed by atoms with Gasteiger partial charge in [-0.15, -0.1) is 0 Å². The van der Waals surface area contributed by atoms with Crippen molar-refractivity contribution in [2.45, 2.75) is 57.2 Å². The van der Waals surface area contributed by atoms with E-state index in [0.717, 1.165) is 19.3 Å². The number of pyridine rings is 1. The van der Waals surface area contributed by atoms with E-state index in [1.807, 2.05) is 4.90 Å². The van der Waals surface area contributed by atoms with E-state index >= 15 is 0 Å². The fourth-order valence-electron chi connectivity index (χ4n) is 5.13. The van der Waals surface area contributed by atoms with Crippen molar-refractivity contribution in [1.82, 2.24) is 14.9 Å². The van der Waals surface area contributed by atoms with E-state index < -0.39 is 35.3 Å². The SMILES string of the molecule is O=C(Cc1ccc(N2CCN(C(=O)Cc3ccccc3F)CC2)nc1)c1oc(OC2CCCCC2)nc1C(F)(F)F. The van der Waals surface area contributed by atoms with Gasteiger partial charge in [0.15, 0.2) is 5.69 Å². The number of rotatable bonds is 8. The molecule has 0 atom stereocenters. The monoisotopic (exact) mass is 574 g/mol. The van der Waals surface area contributed by atoms with E-state index in [1.165, 1.54) is 12.3 Å². The van der Waals surface area contributed by atoms with Gasteiger partial charge in [0, 0.05) is 38.8 Å². The molecule has 1 saturated carbocycles. The zero-order valence-electron chi connectivity index (χ0n) is 22.3. The molecule has 0 bridgehead atoms. The predicted octanol–water partition coefficient (Wildman–Crippen LogP) is 5.26. The van der Waals surface area contributed by atoms with Crippen LogP contribution in [0.4, 0.5) is 23.4 Å².